The summed E-state index contributed by atoms with van der Waals surface area (Å²) in [5.74, 6) is 0.698. The Kier molecular flexibility index (Phi) is 5.15. The van der Waals surface area contributed by atoms with E-state index in [1.807, 2.05) is 6.07 Å². The highest BCUT2D eigenvalue weighted by molar-refractivity contribution is 6.32. The van der Waals surface area contributed by atoms with Gasteiger partial charge in [0.2, 0.25) is 0 Å². The summed E-state index contributed by atoms with van der Waals surface area (Å²) in [4.78, 5) is 10.6. The fourth-order valence-electron chi connectivity index (χ4n) is 2.67. The van der Waals surface area contributed by atoms with Gasteiger partial charge in [-0.2, -0.15) is 0 Å². The molecule has 122 valence electrons. The highest BCUT2D eigenvalue weighted by Gasteiger charge is 2.15. The molecule has 1 aliphatic rings. The van der Waals surface area contributed by atoms with Crippen molar-refractivity contribution in [2.75, 3.05) is 48.9 Å². The second-order valence-electron chi connectivity index (χ2n) is 5.22. The van der Waals surface area contributed by atoms with E-state index in [0.29, 0.717) is 23.2 Å². The lowest BCUT2D eigenvalue weighted by atomic mass is 10.1. The molecule has 1 aliphatic heterocycles. The largest absolute Gasteiger partial charge is 0.383 e. The molecule has 1 fully saturated rings. The Hall–Kier alpha value is -2.05. The normalized spacial score (nSPS) is 14.6. The van der Waals surface area contributed by atoms with Crippen molar-refractivity contribution >= 4 is 28.8 Å². The summed E-state index contributed by atoms with van der Waals surface area (Å²) in [6.07, 6.45) is 1.46. The Morgan fingerprint density at radius 1 is 1.22 bits per heavy atom. The van der Waals surface area contributed by atoms with Gasteiger partial charge in [-0.05, 0) is 11.6 Å². The molecule has 2 heterocycles. The van der Waals surface area contributed by atoms with E-state index in [0.717, 1.165) is 26.3 Å². The monoisotopic (exact) mass is 333 g/mol. The maximum atomic E-state index is 6.09. The Labute approximate surface area is 140 Å². The topological polar surface area (TPSA) is 62.3 Å². The smallest absolute Gasteiger partial charge is 0.157 e. The first-order valence-corrected chi connectivity index (χ1v) is 8.00. The van der Waals surface area contributed by atoms with Crippen molar-refractivity contribution < 1.29 is 4.74 Å². The van der Waals surface area contributed by atoms with Crippen molar-refractivity contribution in [3.63, 3.8) is 0 Å². The van der Waals surface area contributed by atoms with Gasteiger partial charge in [-0.1, -0.05) is 29.8 Å². The van der Waals surface area contributed by atoms with E-state index >= 15 is 0 Å². The van der Waals surface area contributed by atoms with Gasteiger partial charge < -0.3 is 20.3 Å². The molecule has 6 nitrogen and oxygen atoms in total. The van der Waals surface area contributed by atoms with Gasteiger partial charge in [-0.25, -0.2) is 9.97 Å². The number of benzene rings is 1. The number of para-hydroxylation sites is 1. The van der Waals surface area contributed by atoms with E-state index < -0.39 is 0 Å². The number of nitrogens with zero attached hydrogens (tertiary/aromatic N) is 3. The van der Waals surface area contributed by atoms with Gasteiger partial charge in [-0.3, -0.25) is 0 Å². The predicted molar refractivity (Wildman–Crippen MR) is 93.4 cm³/mol. The summed E-state index contributed by atoms with van der Waals surface area (Å²) in [5.41, 5.74) is 3.15. The average molecular weight is 334 g/mol. The zero-order valence-corrected chi connectivity index (χ0v) is 13.8. The SMILES string of the molecule is CNc1c(Cl)ncnc1NCc1ccccc1N1CCOCC1. The molecule has 1 aromatic heterocycles. The molecule has 23 heavy (non-hydrogen) atoms. The first-order valence-electron chi connectivity index (χ1n) is 7.62. The molecule has 0 atom stereocenters. The maximum absolute atomic E-state index is 6.09. The van der Waals surface area contributed by atoms with Gasteiger partial charge in [0.1, 0.15) is 12.0 Å². The number of anilines is 3. The predicted octanol–water partition coefficient (Wildman–Crippen LogP) is 2.62. The fraction of sp³-hybridized carbons (Fsp3) is 0.375. The van der Waals surface area contributed by atoms with Crippen LogP contribution in [0.25, 0.3) is 0 Å². The minimum atomic E-state index is 0.409. The van der Waals surface area contributed by atoms with Crippen molar-refractivity contribution in [2.45, 2.75) is 6.54 Å². The minimum absolute atomic E-state index is 0.409. The molecule has 0 amide bonds. The van der Waals surface area contributed by atoms with Crippen molar-refractivity contribution in [1.29, 1.82) is 0 Å². The van der Waals surface area contributed by atoms with Gasteiger partial charge in [0.15, 0.2) is 11.0 Å². The van der Waals surface area contributed by atoms with E-state index in [1.165, 1.54) is 17.6 Å². The van der Waals surface area contributed by atoms with Crippen LogP contribution in [-0.2, 0) is 11.3 Å². The van der Waals surface area contributed by atoms with Crippen LogP contribution in [0.4, 0.5) is 17.2 Å². The highest BCUT2D eigenvalue weighted by Crippen LogP contribution is 2.27. The second kappa shape index (κ2) is 7.48. The molecular formula is C16H20ClN5O. The summed E-state index contributed by atoms with van der Waals surface area (Å²) in [5, 5.41) is 6.79. The van der Waals surface area contributed by atoms with Gasteiger partial charge in [0.25, 0.3) is 0 Å². The molecule has 0 aliphatic carbocycles. The van der Waals surface area contributed by atoms with Crippen LogP contribution in [0.3, 0.4) is 0 Å². The van der Waals surface area contributed by atoms with Gasteiger partial charge >= 0.3 is 0 Å². The van der Waals surface area contributed by atoms with Crippen LogP contribution >= 0.6 is 11.6 Å². The molecule has 0 saturated carbocycles. The standard InChI is InChI=1S/C16H20ClN5O/c1-18-14-15(17)20-11-21-16(14)19-10-12-4-2-3-5-13(12)22-6-8-23-9-7-22/h2-5,11,18H,6-10H2,1H3,(H,19,20,21). The zero-order valence-electron chi connectivity index (χ0n) is 13.1. The Balaban J connectivity index is 1.77. The lowest BCUT2D eigenvalue weighted by molar-refractivity contribution is 0.122. The maximum Gasteiger partial charge on any atom is 0.157 e. The summed E-state index contributed by atoms with van der Waals surface area (Å²) in [7, 11) is 1.80. The molecule has 0 bridgehead atoms. The van der Waals surface area contributed by atoms with Crippen molar-refractivity contribution in [3.8, 4) is 0 Å². The Bertz CT molecular complexity index is 661. The van der Waals surface area contributed by atoms with Crippen LogP contribution in [0.5, 0.6) is 0 Å². The lowest BCUT2D eigenvalue weighted by Crippen LogP contribution is -2.36. The van der Waals surface area contributed by atoms with E-state index in [1.54, 1.807) is 7.05 Å². The number of ether oxygens (including phenoxy) is 1. The first kappa shape index (κ1) is 15.8. The third-order valence-corrected chi connectivity index (χ3v) is 4.13. The Morgan fingerprint density at radius 2 is 2.00 bits per heavy atom. The van der Waals surface area contributed by atoms with Gasteiger partial charge in [0.05, 0.1) is 13.2 Å². The molecule has 7 heteroatoms. The second-order valence-corrected chi connectivity index (χ2v) is 5.58. The summed E-state index contributed by atoms with van der Waals surface area (Å²) in [6.45, 7) is 4.03. The van der Waals surface area contributed by atoms with Crippen molar-refractivity contribution in [3.05, 3.63) is 41.3 Å². The summed E-state index contributed by atoms with van der Waals surface area (Å²) < 4.78 is 5.44. The van der Waals surface area contributed by atoms with Crippen LogP contribution in [0.2, 0.25) is 5.15 Å². The number of hydrogen-bond donors (Lipinski definition) is 2. The average Bonchev–Trinajstić information content (AvgIpc) is 2.61. The lowest BCUT2D eigenvalue weighted by Gasteiger charge is -2.30. The van der Waals surface area contributed by atoms with Crippen LogP contribution < -0.4 is 15.5 Å². The highest BCUT2D eigenvalue weighted by atomic mass is 35.5. The van der Waals surface area contributed by atoms with E-state index in [-0.39, 0.29) is 0 Å². The van der Waals surface area contributed by atoms with E-state index in [4.69, 9.17) is 16.3 Å². The summed E-state index contributed by atoms with van der Waals surface area (Å²) in [6, 6.07) is 8.38. The third-order valence-electron chi connectivity index (χ3n) is 3.84. The third kappa shape index (κ3) is 3.65. The molecule has 2 aromatic rings. The molecule has 1 saturated heterocycles. The quantitative estimate of drug-likeness (QED) is 0.820. The molecule has 0 unspecified atom stereocenters. The van der Waals surface area contributed by atoms with Crippen LogP contribution in [0.1, 0.15) is 5.56 Å². The van der Waals surface area contributed by atoms with E-state index in [2.05, 4.69) is 43.7 Å². The molecule has 2 N–H and O–H groups in total. The number of halogens is 1. The molecule has 3 rings (SSSR count). The molecule has 0 spiro atoms. The van der Waals surface area contributed by atoms with Crippen LogP contribution in [-0.4, -0.2) is 43.3 Å². The van der Waals surface area contributed by atoms with Crippen LogP contribution in [0.15, 0.2) is 30.6 Å². The van der Waals surface area contributed by atoms with Gasteiger partial charge in [-0.15, -0.1) is 0 Å². The van der Waals surface area contributed by atoms with Gasteiger partial charge in [0, 0.05) is 32.4 Å². The fourth-order valence-corrected chi connectivity index (χ4v) is 2.90. The molecule has 1 aromatic carbocycles. The first-order chi connectivity index (χ1) is 11.3. The van der Waals surface area contributed by atoms with E-state index in [9.17, 15) is 0 Å². The van der Waals surface area contributed by atoms with Crippen molar-refractivity contribution in [1.82, 2.24) is 9.97 Å². The number of hydrogen-bond acceptors (Lipinski definition) is 6. The number of nitrogens with one attached hydrogen (secondary N) is 2. The van der Waals surface area contributed by atoms with Crippen LogP contribution in [0, 0.1) is 0 Å². The molecule has 0 radical (unpaired) electrons. The number of aromatic nitrogens is 2. The zero-order chi connectivity index (χ0) is 16.1. The molecular weight excluding hydrogens is 314 g/mol. The Morgan fingerprint density at radius 3 is 2.78 bits per heavy atom. The number of rotatable bonds is 5. The summed E-state index contributed by atoms with van der Waals surface area (Å²) >= 11 is 6.09. The number of morpholine rings is 1. The minimum Gasteiger partial charge on any atom is -0.383 e. The van der Waals surface area contributed by atoms with Crippen molar-refractivity contribution in [2.24, 2.45) is 0 Å².